The lowest BCUT2D eigenvalue weighted by Crippen LogP contribution is -2.46. The highest BCUT2D eigenvalue weighted by molar-refractivity contribution is 7.91. The van der Waals surface area contributed by atoms with E-state index in [1.54, 1.807) is 20.8 Å². The molecule has 1 aliphatic heterocycles. The highest BCUT2D eigenvalue weighted by atomic mass is 32.2. The Kier molecular flexibility index (Phi) is 8.22. The van der Waals surface area contributed by atoms with Crippen molar-refractivity contribution in [1.29, 1.82) is 0 Å². The minimum atomic E-state index is -4.82. The van der Waals surface area contributed by atoms with Crippen molar-refractivity contribution in [3.8, 4) is 16.9 Å². The van der Waals surface area contributed by atoms with Gasteiger partial charge in [0, 0.05) is 5.92 Å². The van der Waals surface area contributed by atoms with Gasteiger partial charge in [0.05, 0.1) is 28.6 Å². The lowest BCUT2D eigenvalue weighted by Gasteiger charge is -2.27. The lowest BCUT2D eigenvalue weighted by molar-refractivity contribution is -0.274. The molecule has 0 spiro atoms. The maximum atomic E-state index is 12.9. The summed E-state index contributed by atoms with van der Waals surface area (Å²) in [7, 11) is -3.90. The Morgan fingerprint density at radius 1 is 1.08 bits per heavy atom. The summed E-state index contributed by atoms with van der Waals surface area (Å²) < 4.78 is 66.7. The largest absolute Gasteiger partial charge is 0.573 e. The van der Waals surface area contributed by atoms with E-state index in [0.717, 1.165) is 17.0 Å². The van der Waals surface area contributed by atoms with Gasteiger partial charge in [-0.25, -0.2) is 13.5 Å². The normalized spacial score (nSPS) is 18.4. The number of hydroxylamine groups is 2. The second kappa shape index (κ2) is 10.7. The van der Waals surface area contributed by atoms with Crippen molar-refractivity contribution >= 4 is 28.1 Å². The molecule has 1 aliphatic rings. The van der Waals surface area contributed by atoms with Gasteiger partial charge in [-0.15, -0.1) is 13.2 Å². The predicted octanol–water partition coefficient (Wildman–Crippen LogP) is 3.66. The molecule has 206 valence electrons. The molecule has 1 N–H and O–H groups in total. The van der Waals surface area contributed by atoms with Crippen molar-refractivity contribution in [2.75, 3.05) is 12.3 Å². The van der Waals surface area contributed by atoms with Crippen LogP contribution in [-0.4, -0.2) is 66.5 Å². The number of carbonyl (C=O) groups is 3. The van der Waals surface area contributed by atoms with Crippen LogP contribution >= 0.6 is 0 Å². The third kappa shape index (κ3) is 6.33. The number of imide groups is 1. The molecule has 0 bridgehead atoms. The number of ether oxygens (including phenoxy) is 1. The zero-order chi connectivity index (χ0) is 28.5. The summed E-state index contributed by atoms with van der Waals surface area (Å²) >= 11 is 0. The van der Waals surface area contributed by atoms with Crippen LogP contribution in [0.1, 0.15) is 27.2 Å². The second-order valence-electron chi connectivity index (χ2n) is 9.54. The summed E-state index contributed by atoms with van der Waals surface area (Å²) in [5, 5.41) is 10.3. The van der Waals surface area contributed by atoms with E-state index in [4.69, 9.17) is 0 Å². The molecular weight excluding hydrogens is 529 g/mol. The fourth-order valence-corrected chi connectivity index (χ4v) is 5.43. The van der Waals surface area contributed by atoms with Crippen LogP contribution in [0.15, 0.2) is 53.4 Å². The average molecular weight is 557 g/mol. The average Bonchev–Trinajstić information content (AvgIpc) is 3.00. The summed E-state index contributed by atoms with van der Waals surface area (Å²) in [6, 6.07) is 9.55. The molecule has 38 heavy (non-hydrogen) atoms. The molecule has 1 saturated heterocycles. The molecule has 0 aromatic heterocycles. The molecule has 3 rings (SSSR count). The number of amides is 3. The lowest BCUT2D eigenvalue weighted by atomic mass is 9.82. The SMILES string of the molecule is CC1C(=O)N(CC(CCS(=O)(=O)c2ccc(-c3ccc(OC(F)(F)F)cc3)cc2)N(O)C=O)C(=O)C1(C)C. The van der Waals surface area contributed by atoms with Crippen molar-refractivity contribution in [3.05, 3.63) is 48.5 Å². The van der Waals surface area contributed by atoms with E-state index < -0.39 is 56.9 Å². The number of alkyl halides is 3. The van der Waals surface area contributed by atoms with Gasteiger partial charge < -0.3 is 4.74 Å². The van der Waals surface area contributed by atoms with E-state index in [2.05, 4.69) is 4.74 Å². The molecule has 0 saturated carbocycles. The van der Waals surface area contributed by atoms with Gasteiger partial charge in [0.25, 0.3) is 0 Å². The maximum Gasteiger partial charge on any atom is 0.573 e. The molecule has 0 radical (unpaired) electrons. The molecule has 1 fully saturated rings. The number of likely N-dealkylation sites (tertiary alicyclic amines) is 1. The number of benzene rings is 2. The van der Waals surface area contributed by atoms with Crippen molar-refractivity contribution in [3.63, 3.8) is 0 Å². The van der Waals surface area contributed by atoms with Crippen LogP contribution in [0.2, 0.25) is 0 Å². The zero-order valence-electron chi connectivity index (χ0n) is 20.8. The van der Waals surface area contributed by atoms with E-state index >= 15 is 0 Å². The zero-order valence-corrected chi connectivity index (χ0v) is 21.6. The summed E-state index contributed by atoms with van der Waals surface area (Å²) in [5.41, 5.74) is 0.107. The van der Waals surface area contributed by atoms with Crippen molar-refractivity contribution in [2.45, 2.75) is 44.5 Å². The first kappa shape index (κ1) is 29.1. The van der Waals surface area contributed by atoms with Gasteiger partial charge in [-0.2, -0.15) is 0 Å². The Labute approximate surface area is 217 Å². The predicted molar refractivity (Wildman–Crippen MR) is 128 cm³/mol. The molecule has 2 aromatic rings. The smallest absolute Gasteiger partial charge is 0.406 e. The van der Waals surface area contributed by atoms with Crippen LogP contribution in [0.25, 0.3) is 11.1 Å². The summed E-state index contributed by atoms with van der Waals surface area (Å²) in [4.78, 5) is 37.3. The minimum absolute atomic E-state index is 0.0595. The number of rotatable bonds is 10. The molecule has 0 aliphatic carbocycles. The van der Waals surface area contributed by atoms with Crippen LogP contribution in [-0.2, 0) is 24.2 Å². The van der Waals surface area contributed by atoms with Gasteiger partial charge in [0.1, 0.15) is 5.75 Å². The van der Waals surface area contributed by atoms with Crippen molar-refractivity contribution in [1.82, 2.24) is 9.96 Å². The fraction of sp³-hybridized carbons (Fsp3) is 0.400. The molecule has 13 heteroatoms. The molecule has 3 amide bonds. The molecular formula is C25H27F3N2O7S. The Balaban J connectivity index is 1.71. The summed E-state index contributed by atoms with van der Waals surface area (Å²) in [5.74, 6) is -2.45. The fourth-order valence-electron chi connectivity index (χ4n) is 4.07. The molecule has 2 aromatic carbocycles. The van der Waals surface area contributed by atoms with Crippen molar-refractivity contribution in [2.24, 2.45) is 11.3 Å². The number of nitrogens with zero attached hydrogens (tertiary/aromatic N) is 2. The highest BCUT2D eigenvalue weighted by Crippen LogP contribution is 2.37. The van der Waals surface area contributed by atoms with Crippen molar-refractivity contribution < 1.29 is 45.9 Å². The summed E-state index contributed by atoms with van der Waals surface area (Å²) in [6.45, 7) is 4.47. The number of carbonyl (C=O) groups excluding carboxylic acids is 3. The Bertz CT molecular complexity index is 1290. The van der Waals surface area contributed by atoms with Crippen LogP contribution in [0.4, 0.5) is 13.2 Å². The quantitative estimate of drug-likeness (QED) is 0.205. The van der Waals surface area contributed by atoms with Gasteiger partial charge in [0.2, 0.25) is 18.2 Å². The third-order valence-electron chi connectivity index (χ3n) is 6.75. The topological polar surface area (TPSA) is 121 Å². The van der Waals surface area contributed by atoms with E-state index in [-0.39, 0.29) is 29.3 Å². The van der Waals surface area contributed by atoms with Gasteiger partial charge in [-0.3, -0.25) is 24.5 Å². The van der Waals surface area contributed by atoms with Gasteiger partial charge >= 0.3 is 6.36 Å². The van der Waals surface area contributed by atoms with Crippen LogP contribution < -0.4 is 4.74 Å². The Hall–Kier alpha value is -3.45. The molecule has 1 heterocycles. The maximum absolute atomic E-state index is 12.9. The first-order chi connectivity index (χ1) is 17.6. The standard InChI is InChI=1S/C25H27F3N2O7S/c1-16-22(32)29(23(33)24(16,2)3)14-19(30(34)15-31)12-13-38(35,36)21-10-6-18(7-11-21)17-4-8-20(9-5-17)37-25(26,27)28/h4-11,15-16,19,34H,12-14H2,1-3H3. The number of sulfone groups is 1. The molecule has 2 unspecified atom stereocenters. The van der Waals surface area contributed by atoms with Gasteiger partial charge in [0.15, 0.2) is 9.84 Å². The van der Waals surface area contributed by atoms with Gasteiger partial charge in [-0.05, 0) is 41.8 Å². The second-order valence-corrected chi connectivity index (χ2v) is 11.6. The van der Waals surface area contributed by atoms with Crippen LogP contribution in [0, 0.1) is 11.3 Å². The molecule has 9 nitrogen and oxygen atoms in total. The first-order valence-electron chi connectivity index (χ1n) is 11.5. The summed E-state index contributed by atoms with van der Waals surface area (Å²) in [6.07, 6.45) is -4.99. The number of hydrogen-bond donors (Lipinski definition) is 1. The van der Waals surface area contributed by atoms with E-state index in [9.17, 15) is 41.2 Å². The number of hydrogen-bond acceptors (Lipinski definition) is 7. The van der Waals surface area contributed by atoms with E-state index in [1.807, 2.05) is 0 Å². The monoisotopic (exact) mass is 556 g/mol. The highest BCUT2D eigenvalue weighted by Gasteiger charge is 2.51. The first-order valence-corrected chi connectivity index (χ1v) is 13.2. The van der Waals surface area contributed by atoms with Crippen LogP contribution in [0.3, 0.4) is 0 Å². The van der Waals surface area contributed by atoms with E-state index in [1.165, 1.54) is 36.4 Å². The van der Waals surface area contributed by atoms with Gasteiger partial charge in [-0.1, -0.05) is 45.0 Å². The number of halogens is 3. The van der Waals surface area contributed by atoms with E-state index in [0.29, 0.717) is 11.1 Å². The Morgan fingerprint density at radius 3 is 2.05 bits per heavy atom. The van der Waals surface area contributed by atoms with Crippen LogP contribution in [0.5, 0.6) is 5.75 Å². The minimum Gasteiger partial charge on any atom is -0.406 e. The Morgan fingerprint density at radius 2 is 1.61 bits per heavy atom. The molecule has 2 atom stereocenters. The third-order valence-corrected chi connectivity index (χ3v) is 8.51.